The van der Waals surface area contributed by atoms with E-state index in [0.717, 1.165) is 5.57 Å². The lowest BCUT2D eigenvalue weighted by Crippen LogP contribution is -2.22. The Balaban J connectivity index is 2.14. The van der Waals surface area contributed by atoms with E-state index in [1.165, 1.54) is 12.1 Å². The number of aliphatic hydroxyl groups is 1. The number of aromatic nitrogens is 2. The van der Waals surface area contributed by atoms with Crippen molar-refractivity contribution < 1.29 is 18.3 Å². The van der Waals surface area contributed by atoms with E-state index >= 15 is 4.39 Å². The summed E-state index contributed by atoms with van der Waals surface area (Å²) in [5, 5.41) is 22.5. The summed E-state index contributed by atoms with van der Waals surface area (Å²) >= 11 is 3.22. The number of benzene rings is 1. The first kappa shape index (κ1) is 23.7. The summed E-state index contributed by atoms with van der Waals surface area (Å²) in [5.41, 5.74) is 1.51. The van der Waals surface area contributed by atoms with Gasteiger partial charge in [0, 0.05) is 23.4 Å². The van der Waals surface area contributed by atoms with Gasteiger partial charge in [0.25, 0.3) is 5.89 Å². The molecule has 1 aromatic carbocycles. The van der Waals surface area contributed by atoms with Gasteiger partial charge in [0.05, 0.1) is 29.3 Å². The van der Waals surface area contributed by atoms with Gasteiger partial charge in [-0.15, -0.1) is 5.10 Å². The highest BCUT2D eigenvalue weighted by Gasteiger charge is 2.30. The quantitative estimate of drug-likeness (QED) is 0.432. The summed E-state index contributed by atoms with van der Waals surface area (Å²) in [6.45, 7) is 5.69. The number of anilines is 2. The molecule has 0 radical (unpaired) electrons. The number of hydrogen-bond acceptors (Lipinski definition) is 7. The summed E-state index contributed by atoms with van der Waals surface area (Å²) in [5.74, 6) is -1.10. The molecule has 1 aliphatic heterocycles. The van der Waals surface area contributed by atoms with Crippen molar-refractivity contribution in [1.82, 2.24) is 15.1 Å². The lowest BCUT2D eigenvalue weighted by Gasteiger charge is -2.29. The van der Waals surface area contributed by atoms with Crippen molar-refractivity contribution >= 4 is 33.2 Å². The van der Waals surface area contributed by atoms with E-state index in [9.17, 15) is 4.39 Å². The smallest absolute Gasteiger partial charge is 0.315 e. The van der Waals surface area contributed by atoms with Crippen LogP contribution in [0.5, 0.6) is 0 Å². The lowest BCUT2D eigenvalue weighted by atomic mass is 10.0. The van der Waals surface area contributed by atoms with Crippen molar-refractivity contribution in [1.29, 1.82) is 0 Å². The van der Waals surface area contributed by atoms with Crippen LogP contribution in [0.3, 0.4) is 0 Å². The third-order valence-electron chi connectivity index (χ3n) is 4.70. The van der Waals surface area contributed by atoms with Crippen LogP contribution in [0.1, 0.15) is 33.1 Å². The summed E-state index contributed by atoms with van der Waals surface area (Å²) in [6, 6.07) is 4.53. The monoisotopic (exact) mass is 507 g/mol. The minimum Gasteiger partial charge on any atom is -0.403 e. The molecule has 0 bridgehead atoms. The fourth-order valence-electron chi connectivity index (χ4n) is 3.05. The third kappa shape index (κ3) is 5.08. The molecule has 7 nitrogen and oxygen atoms in total. The lowest BCUT2D eigenvalue weighted by molar-refractivity contribution is 0.309. The molecule has 0 unspecified atom stereocenters. The normalized spacial score (nSPS) is 16.0. The van der Waals surface area contributed by atoms with E-state index in [-0.39, 0.29) is 42.0 Å². The van der Waals surface area contributed by atoms with E-state index in [1.807, 2.05) is 20.8 Å². The number of nitrogens with zero attached hydrogens (tertiary/aromatic N) is 3. The van der Waals surface area contributed by atoms with Crippen molar-refractivity contribution in [2.24, 2.45) is 0 Å². The molecule has 10 heteroatoms. The van der Waals surface area contributed by atoms with Crippen molar-refractivity contribution in [3.05, 3.63) is 75.6 Å². The number of halogens is 3. The molecule has 0 fully saturated rings. The SMILES string of the molecule is C/C=C\N1C=C(c2nnc(NCCO)o2)C(Nc2ccc(Br)cc2F)=C(F)/C1=C(/C)CC. The van der Waals surface area contributed by atoms with Crippen molar-refractivity contribution in [2.75, 3.05) is 23.8 Å². The van der Waals surface area contributed by atoms with E-state index in [0.29, 0.717) is 16.6 Å². The van der Waals surface area contributed by atoms with Crippen LogP contribution in [-0.2, 0) is 0 Å². The van der Waals surface area contributed by atoms with Crippen LogP contribution >= 0.6 is 15.9 Å². The number of aliphatic hydroxyl groups excluding tert-OH is 1. The highest BCUT2D eigenvalue weighted by Crippen LogP contribution is 2.39. The molecule has 1 aromatic heterocycles. The fourth-order valence-corrected chi connectivity index (χ4v) is 3.38. The minimum atomic E-state index is -0.578. The Hall–Kier alpha value is -2.98. The highest BCUT2D eigenvalue weighted by atomic mass is 79.9. The van der Waals surface area contributed by atoms with Crippen molar-refractivity contribution in [3.63, 3.8) is 0 Å². The van der Waals surface area contributed by atoms with Gasteiger partial charge in [-0.3, -0.25) is 0 Å². The molecule has 0 saturated heterocycles. The molecule has 3 N–H and O–H groups in total. The Morgan fingerprint density at radius 2 is 2.09 bits per heavy atom. The Bertz CT molecular complexity index is 1110. The van der Waals surface area contributed by atoms with Crippen LogP contribution in [0.4, 0.5) is 20.5 Å². The second kappa shape index (κ2) is 10.6. The van der Waals surface area contributed by atoms with Crippen LogP contribution in [0.25, 0.3) is 5.57 Å². The zero-order valence-corrected chi connectivity index (χ0v) is 19.5. The maximum atomic E-state index is 15.9. The molecule has 3 rings (SSSR count). The molecule has 0 saturated carbocycles. The molecule has 0 spiro atoms. The molecular formula is C22H24BrF2N5O2. The molecular weight excluding hydrogens is 484 g/mol. The zero-order valence-electron chi connectivity index (χ0n) is 17.9. The molecule has 0 atom stereocenters. The highest BCUT2D eigenvalue weighted by molar-refractivity contribution is 9.10. The molecule has 2 heterocycles. The number of rotatable bonds is 8. The van der Waals surface area contributed by atoms with Crippen molar-refractivity contribution in [3.8, 4) is 0 Å². The van der Waals surface area contributed by atoms with Gasteiger partial charge in [-0.05, 0) is 44.0 Å². The van der Waals surface area contributed by atoms with Crippen LogP contribution < -0.4 is 10.6 Å². The summed E-state index contributed by atoms with van der Waals surface area (Å²) in [6.07, 6.45) is 5.77. The van der Waals surface area contributed by atoms with E-state index < -0.39 is 11.6 Å². The van der Waals surface area contributed by atoms with Gasteiger partial charge >= 0.3 is 6.01 Å². The summed E-state index contributed by atoms with van der Waals surface area (Å²) in [7, 11) is 0. The molecule has 170 valence electrons. The van der Waals surface area contributed by atoms with E-state index in [1.54, 1.807) is 29.4 Å². The maximum Gasteiger partial charge on any atom is 0.315 e. The fraction of sp³-hybridized carbons (Fsp3) is 0.273. The van der Waals surface area contributed by atoms with Gasteiger partial charge in [0.2, 0.25) is 0 Å². The first-order valence-corrected chi connectivity index (χ1v) is 10.8. The predicted molar refractivity (Wildman–Crippen MR) is 123 cm³/mol. The number of hydrogen-bond donors (Lipinski definition) is 3. The number of allylic oxidation sites excluding steroid dienone is 4. The molecule has 32 heavy (non-hydrogen) atoms. The Morgan fingerprint density at radius 3 is 2.75 bits per heavy atom. The van der Waals surface area contributed by atoms with Gasteiger partial charge in [-0.2, -0.15) is 0 Å². The van der Waals surface area contributed by atoms with Crippen LogP contribution in [0.2, 0.25) is 0 Å². The van der Waals surface area contributed by atoms with Crippen molar-refractivity contribution in [2.45, 2.75) is 27.2 Å². The van der Waals surface area contributed by atoms with Gasteiger partial charge < -0.3 is 25.1 Å². The Kier molecular flexibility index (Phi) is 7.81. The van der Waals surface area contributed by atoms with Gasteiger partial charge in [-0.1, -0.05) is 34.0 Å². The first-order chi connectivity index (χ1) is 15.4. The van der Waals surface area contributed by atoms with Crippen LogP contribution in [0.15, 0.2) is 68.4 Å². The first-order valence-electron chi connectivity index (χ1n) is 10.0. The average molecular weight is 508 g/mol. The standard InChI is InChI=1S/C22H24BrF2N5O2/c1-4-9-30-12-15(21-28-29-22(32-21)26-8-10-31)19(18(25)20(30)13(3)5-2)27-17-7-6-14(23)11-16(17)24/h4,6-7,9,11-12,27,31H,5,8,10H2,1-3H3,(H,26,29)/b9-4-,20-13+. The average Bonchev–Trinajstić information content (AvgIpc) is 3.24. The van der Waals surface area contributed by atoms with E-state index in [4.69, 9.17) is 9.52 Å². The van der Waals surface area contributed by atoms with E-state index in [2.05, 4.69) is 36.8 Å². The van der Waals surface area contributed by atoms with Crippen LogP contribution in [-0.4, -0.2) is 33.4 Å². The van der Waals surface area contributed by atoms with Gasteiger partial charge in [-0.25, -0.2) is 8.78 Å². The third-order valence-corrected chi connectivity index (χ3v) is 5.19. The number of nitrogens with one attached hydrogen (secondary N) is 2. The molecule has 2 aromatic rings. The molecule has 1 aliphatic rings. The van der Waals surface area contributed by atoms with Gasteiger partial charge in [0.1, 0.15) is 5.82 Å². The maximum absolute atomic E-state index is 15.9. The predicted octanol–water partition coefficient (Wildman–Crippen LogP) is 5.54. The van der Waals surface area contributed by atoms with Crippen LogP contribution in [0, 0.1) is 5.82 Å². The zero-order chi connectivity index (χ0) is 23.3. The Labute approximate surface area is 193 Å². The molecule has 0 amide bonds. The minimum absolute atomic E-state index is 0.00661. The molecule has 0 aliphatic carbocycles. The summed E-state index contributed by atoms with van der Waals surface area (Å²) < 4.78 is 36.7. The second-order valence-corrected chi connectivity index (χ2v) is 7.83. The second-order valence-electron chi connectivity index (χ2n) is 6.92. The topological polar surface area (TPSA) is 86.5 Å². The van der Waals surface area contributed by atoms with Gasteiger partial charge in [0.15, 0.2) is 5.83 Å². The Morgan fingerprint density at radius 1 is 1.31 bits per heavy atom. The largest absolute Gasteiger partial charge is 0.403 e. The summed E-state index contributed by atoms with van der Waals surface area (Å²) in [4.78, 5) is 1.64.